The van der Waals surface area contributed by atoms with Gasteiger partial charge in [0, 0.05) is 17.3 Å². The minimum atomic E-state index is -1.03. The molecule has 0 bridgehead atoms. The second-order valence-electron chi connectivity index (χ2n) is 4.01. The van der Waals surface area contributed by atoms with Gasteiger partial charge >= 0.3 is 5.69 Å². The number of halogens is 3. The third kappa shape index (κ3) is 3.40. The van der Waals surface area contributed by atoms with E-state index in [2.05, 4.69) is 21.2 Å². The SMILES string of the molecule is O=C(Nc1ccc(F)c(Br)c1)c1ccc(F)c([N+](=O)[O-])c1. The van der Waals surface area contributed by atoms with E-state index in [-0.39, 0.29) is 10.0 Å². The summed E-state index contributed by atoms with van der Waals surface area (Å²) in [6.45, 7) is 0. The van der Waals surface area contributed by atoms with Crippen LogP contribution in [0.5, 0.6) is 0 Å². The van der Waals surface area contributed by atoms with Crippen LogP contribution in [0.25, 0.3) is 0 Å². The molecule has 5 nitrogen and oxygen atoms in total. The van der Waals surface area contributed by atoms with Crippen LogP contribution in [0, 0.1) is 21.7 Å². The van der Waals surface area contributed by atoms with Gasteiger partial charge in [-0.15, -0.1) is 0 Å². The first-order valence-electron chi connectivity index (χ1n) is 5.59. The number of nitro benzene ring substituents is 1. The molecular weight excluding hydrogens is 350 g/mol. The van der Waals surface area contributed by atoms with E-state index in [0.717, 1.165) is 24.3 Å². The van der Waals surface area contributed by atoms with Gasteiger partial charge in [0.05, 0.1) is 9.40 Å². The number of carbonyl (C=O) groups is 1. The predicted molar refractivity (Wildman–Crippen MR) is 75.1 cm³/mol. The Morgan fingerprint density at radius 3 is 2.43 bits per heavy atom. The van der Waals surface area contributed by atoms with Crippen LogP contribution < -0.4 is 5.32 Å². The second kappa shape index (κ2) is 5.96. The fourth-order valence-electron chi connectivity index (χ4n) is 1.57. The average Bonchev–Trinajstić information content (AvgIpc) is 2.43. The van der Waals surface area contributed by atoms with Crippen molar-refractivity contribution in [3.05, 3.63) is 68.2 Å². The Labute approximate surface area is 125 Å². The highest BCUT2D eigenvalue weighted by Crippen LogP contribution is 2.22. The van der Waals surface area contributed by atoms with Gasteiger partial charge in [-0.3, -0.25) is 14.9 Å². The minimum Gasteiger partial charge on any atom is -0.322 e. The molecule has 2 rings (SSSR count). The van der Waals surface area contributed by atoms with Gasteiger partial charge in [-0.2, -0.15) is 4.39 Å². The normalized spacial score (nSPS) is 10.2. The summed E-state index contributed by atoms with van der Waals surface area (Å²) in [7, 11) is 0. The molecule has 1 N–H and O–H groups in total. The summed E-state index contributed by atoms with van der Waals surface area (Å²) >= 11 is 2.97. The molecule has 0 aliphatic rings. The monoisotopic (exact) mass is 356 g/mol. The summed E-state index contributed by atoms with van der Waals surface area (Å²) in [5, 5.41) is 13.1. The number of hydrogen-bond donors (Lipinski definition) is 1. The van der Waals surface area contributed by atoms with Crippen LogP contribution in [0.1, 0.15) is 10.4 Å². The molecule has 8 heteroatoms. The van der Waals surface area contributed by atoms with E-state index >= 15 is 0 Å². The van der Waals surface area contributed by atoms with E-state index in [4.69, 9.17) is 0 Å². The quantitative estimate of drug-likeness (QED) is 0.669. The van der Waals surface area contributed by atoms with Crippen molar-refractivity contribution < 1.29 is 18.5 Å². The van der Waals surface area contributed by atoms with E-state index < -0.39 is 28.2 Å². The molecule has 0 spiro atoms. The van der Waals surface area contributed by atoms with Crippen LogP contribution in [0.15, 0.2) is 40.9 Å². The van der Waals surface area contributed by atoms with Gasteiger partial charge in [0.15, 0.2) is 0 Å². The van der Waals surface area contributed by atoms with Gasteiger partial charge in [0.2, 0.25) is 5.82 Å². The van der Waals surface area contributed by atoms with Crippen LogP contribution >= 0.6 is 15.9 Å². The van der Waals surface area contributed by atoms with Gasteiger partial charge < -0.3 is 5.32 Å². The van der Waals surface area contributed by atoms with Crippen LogP contribution in [-0.4, -0.2) is 10.8 Å². The summed E-state index contributed by atoms with van der Waals surface area (Å²) in [5.41, 5.74) is -0.577. The molecule has 2 aromatic rings. The summed E-state index contributed by atoms with van der Waals surface area (Å²) < 4.78 is 26.4. The average molecular weight is 357 g/mol. The van der Waals surface area contributed by atoms with Crippen molar-refractivity contribution in [1.29, 1.82) is 0 Å². The molecule has 21 heavy (non-hydrogen) atoms. The lowest BCUT2D eigenvalue weighted by Gasteiger charge is -2.06. The van der Waals surface area contributed by atoms with Gasteiger partial charge in [-0.1, -0.05) is 0 Å². The third-order valence-corrected chi connectivity index (χ3v) is 3.19. The lowest BCUT2D eigenvalue weighted by molar-refractivity contribution is -0.387. The first-order valence-corrected chi connectivity index (χ1v) is 6.38. The van der Waals surface area contributed by atoms with Crippen molar-refractivity contribution >= 4 is 33.2 Å². The van der Waals surface area contributed by atoms with Gasteiger partial charge in [-0.25, -0.2) is 4.39 Å². The smallest absolute Gasteiger partial charge is 0.305 e. The number of rotatable bonds is 3. The molecule has 0 atom stereocenters. The van der Waals surface area contributed by atoms with Crippen molar-refractivity contribution in [1.82, 2.24) is 0 Å². The molecule has 0 unspecified atom stereocenters. The number of anilines is 1. The van der Waals surface area contributed by atoms with E-state index in [0.29, 0.717) is 5.69 Å². The number of nitrogens with one attached hydrogen (secondary N) is 1. The first-order chi connectivity index (χ1) is 9.88. The van der Waals surface area contributed by atoms with Crippen molar-refractivity contribution in [2.45, 2.75) is 0 Å². The minimum absolute atomic E-state index is 0.0800. The van der Waals surface area contributed by atoms with Crippen molar-refractivity contribution in [3.8, 4) is 0 Å². The predicted octanol–water partition coefficient (Wildman–Crippen LogP) is 3.89. The number of hydrogen-bond acceptors (Lipinski definition) is 3. The molecule has 1 amide bonds. The molecule has 0 saturated heterocycles. The number of nitro groups is 1. The summed E-state index contributed by atoms with van der Waals surface area (Å²) in [6.07, 6.45) is 0. The maximum atomic E-state index is 13.2. The molecule has 108 valence electrons. The molecule has 0 radical (unpaired) electrons. The Kier molecular flexibility index (Phi) is 4.27. The van der Waals surface area contributed by atoms with E-state index in [1.165, 1.54) is 12.1 Å². The van der Waals surface area contributed by atoms with Crippen LogP contribution in [0.2, 0.25) is 0 Å². The molecule has 0 heterocycles. The summed E-state index contributed by atoms with van der Waals surface area (Å²) in [4.78, 5) is 21.6. The first kappa shape index (κ1) is 15.0. The highest BCUT2D eigenvalue weighted by atomic mass is 79.9. The number of nitrogens with zero attached hydrogens (tertiary/aromatic N) is 1. The Balaban J connectivity index is 2.26. The maximum Gasteiger partial charge on any atom is 0.305 e. The Morgan fingerprint density at radius 2 is 1.81 bits per heavy atom. The Morgan fingerprint density at radius 1 is 1.14 bits per heavy atom. The van der Waals surface area contributed by atoms with Crippen LogP contribution in [0.3, 0.4) is 0 Å². The number of benzene rings is 2. The standard InChI is InChI=1S/C13H7BrF2N2O3/c14-9-6-8(2-4-10(9)15)17-13(19)7-1-3-11(16)12(5-7)18(20)21/h1-6H,(H,17,19). The molecule has 0 aliphatic heterocycles. The largest absolute Gasteiger partial charge is 0.322 e. The van der Waals surface area contributed by atoms with E-state index in [1.807, 2.05) is 0 Å². The van der Waals surface area contributed by atoms with Crippen LogP contribution in [0.4, 0.5) is 20.2 Å². The van der Waals surface area contributed by atoms with E-state index in [1.54, 1.807) is 0 Å². The Bertz CT molecular complexity index is 737. The Hall–Kier alpha value is -2.35. The van der Waals surface area contributed by atoms with Gasteiger partial charge in [-0.05, 0) is 46.3 Å². The lowest BCUT2D eigenvalue weighted by atomic mass is 10.1. The van der Waals surface area contributed by atoms with Gasteiger partial charge in [0.25, 0.3) is 5.91 Å². The zero-order valence-corrected chi connectivity index (χ0v) is 11.9. The molecule has 2 aromatic carbocycles. The zero-order valence-electron chi connectivity index (χ0n) is 10.3. The molecule has 0 saturated carbocycles. The maximum absolute atomic E-state index is 13.2. The van der Waals surface area contributed by atoms with Crippen molar-refractivity contribution in [2.75, 3.05) is 5.32 Å². The number of carbonyl (C=O) groups excluding carboxylic acids is 1. The number of amides is 1. The zero-order chi connectivity index (χ0) is 15.6. The topological polar surface area (TPSA) is 72.2 Å². The summed E-state index contributed by atoms with van der Waals surface area (Å²) in [5.74, 6) is -2.19. The molecule has 0 aliphatic carbocycles. The second-order valence-corrected chi connectivity index (χ2v) is 4.86. The highest BCUT2D eigenvalue weighted by molar-refractivity contribution is 9.10. The van der Waals surface area contributed by atoms with Crippen LogP contribution in [-0.2, 0) is 0 Å². The fraction of sp³-hybridized carbons (Fsp3) is 0. The lowest BCUT2D eigenvalue weighted by Crippen LogP contribution is -2.12. The van der Waals surface area contributed by atoms with E-state index in [9.17, 15) is 23.7 Å². The fourth-order valence-corrected chi connectivity index (χ4v) is 1.95. The highest BCUT2D eigenvalue weighted by Gasteiger charge is 2.17. The van der Waals surface area contributed by atoms with Crippen molar-refractivity contribution in [2.24, 2.45) is 0 Å². The third-order valence-electron chi connectivity index (χ3n) is 2.58. The molecular formula is C13H7BrF2N2O3. The molecule has 0 fully saturated rings. The molecule has 0 aromatic heterocycles. The van der Waals surface area contributed by atoms with Gasteiger partial charge in [0.1, 0.15) is 5.82 Å². The summed E-state index contributed by atoms with van der Waals surface area (Å²) in [6, 6.07) is 6.61. The van der Waals surface area contributed by atoms with Crippen molar-refractivity contribution in [3.63, 3.8) is 0 Å².